The molecular formula is C20H18N2O4. The molecule has 0 aliphatic rings. The van der Waals surface area contributed by atoms with Gasteiger partial charge in [0.25, 0.3) is 0 Å². The van der Waals surface area contributed by atoms with Gasteiger partial charge >= 0.3 is 5.97 Å². The summed E-state index contributed by atoms with van der Waals surface area (Å²) in [5.41, 5.74) is 1.40. The highest BCUT2D eigenvalue weighted by Crippen LogP contribution is 2.23. The van der Waals surface area contributed by atoms with Gasteiger partial charge in [-0.1, -0.05) is 30.3 Å². The van der Waals surface area contributed by atoms with Gasteiger partial charge in [0.15, 0.2) is 5.69 Å². The molecule has 2 aromatic carbocycles. The Balaban J connectivity index is 2.20. The Morgan fingerprint density at radius 3 is 2.35 bits per heavy atom. The molecule has 0 unspecified atom stereocenters. The van der Waals surface area contributed by atoms with Crippen molar-refractivity contribution >= 4 is 5.97 Å². The minimum atomic E-state index is -0.614. The fourth-order valence-corrected chi connectivity index (χ4v) is 2.63. The monoisotopic (exact) mass is 350 g/mol. The first-order valence-electron chi connectivity index (χ1n) is 8.15. The molecule has 132 valence electrons. The van der Waals surface area contributed by atoms with Crippen molar-refractivity contribution in [2.45, 2.75) is 6.92 Å². The van der Waals surface area contributed by atoms with Crippen LogP contribution in [0.5, 0.6) is 5.75 Å². The predicted octanol–water partition coefficient (Wildman–Crippen LogP) is 3.29. The lowest BCUT2D eigenvalue weighted by Gasteiger charge is -2.10. The Morgan fingerprint density at radius 2 is 1.73 bits per heavy atom. The largest absolute Gasteiger partial charge is 0.497 e. The zero-order chi connectivity index (χ0) is 18.5. The molecule has 6 heteroatoms. The molecule has 0 aliphatic heterocycles. The van der Waals surface area contributed by atoms with E-state index in [9.17, 15) is 9.59 Å². The number of hydrogen-bond donors (Lipinski definition) is 1. The van der Waals surface area contributed by atoms with Gasteiger partial charge in [-0.15, -0.1) is 0 Å². The Bertz CT molecular complexity index is 963. The highest BCUT2D eigenvalue weighted by molar-refractivity contribution is 5.95. The van der Waals surface area contributed by atoms with Crippen molar-refractivity contribution in [2.75, 3.05) is 13.7 Å². The number of ether oxygens (including phenoxy) is 2. The van der Waals surface area contributed by atoms with Gasteiger partial charge in [0.2, 0.25) is 5.43 Å². The molecule has 3 aromatic rings. The lowest BCUT2D eigenvalue weighted by molar-refractivity contribution is 0.0519. The van der Waals surface area contributed by atoms with Gasteiger partial charge in [-0.05, 0) is 36.8 Å². The van der Waals surface area contributed by atoms with E-state index in [1.165, 1.54) is 0 Å². The summed E-state index contributed by atoms with van der Waals surface area (Å²) in [4.78, 5) is 25.4. The molecule has 0 saturated carbocycles. The lowest BCUT2D eigenvalue weighted by Crippen LogP contribution is -2.20. The summed E-state index contributed by atoms with van der Waals surface area (Å²) in [6.45, 7) is 1.91. The third kappa shape index (κ3) is 3.35. The molecule has 0 fully saturated rings. The van der Waals surface area contributed by atoms with Crippen molar-refractivity contribution in [2.24, 2.45) is 0 Å². The van der Waals surface area contributed by atoms with Gasteiger partial charge < -0.3 is 9.47 Å². The third-order valence-corrected chi connectivity index (χ3v) is 3.88. The van der Waals surface area contributed by atoms with Gasteiger partial charge in [-0.3, -0.25) is 9.89 Å². The summed E-state index contributed by atoms with van der Waals surface area (Å²) >= 11 is 0. The van der Waals surface area contributed by atoms with E-state index in [4.69, 9.17) is 9.47 Å². The zero-order valence-electron chi connectivity index (χ0n) is 14.5. The second kappa shape index (κ2) is 7.65. The van der Waals surface area contributed by atoms with E-state index in [-0.39, 0.29) is 29.0 Å². The van der Waals surface area contributed by atoms with Crippen molar-refractivity contribution in [3.8, 4) is 28.1 Å². The van der Waals surface area contributed by atoms with Crippen molar-refractivity contribution in [1.82, 2.24) is 10.2 Å². The molecule has 1 aromatic heterocycles. The number of nitrogens with one attached hydrogen (secondary N) is 1. The van der Waals surface area contributed by atoms with Gasteiger partial charge in [-0.25, -0.2) is 4.79 Å². The Hall–Kier alpha value is -3.41. The molecule has 0 saturated heterocycles. The number of carbonyl (C=O) groups is 1. The number of methoxy groups -OCH3 is 1. The van der Waals surface area contributed by atoms with Crippen molar-refractivity contribution in [1.29, 1.82) is 0 Å². The van der Waals surface area contributed by atoms with E-state index < -0.39 is 5.97 Å². The first-order valence-corrected chi connectivity index (χ1v) is 8.15. The summed E-state index contributed by atoms with van der Waals surface area (Å²) in [5.74, 6) is 0.0637. The molecule has 26 heavy (non-hydrogen) atoms. The number of esters is 1. The molecule has 0 bridgehead atoms. The summed E-state index contributed by atoms with van der Waals surface area (Å²) in [7, 11) is 1.57. The second-order valence-electron chi connectivity index (χ2n) is 5.47. The Labute approximate surface area is 150 Å². The van der Waals surface area contributed by atoms with Crippen LogP contribution in [0.4, 0.5) is 0 Å². The van der Waals surface area contributed by atoms with Gasteiger partial charge in [0, 0.05) is 5.56 Å². The van der Waals surface area contributed by atoms with Crippen LogP contribution in [0.2, 0.25) is 0 Å². The summed E-state index contributed by atoms with van der Waals surface area (Å²) in [5, 5.41) is 6.82. The third-order valence-electron chi connectivity index (χ3n) is 3.88. The second-order valence-corrected chi connectivity index (χ2v) is 5.47. The summed E-state index contributed by atoms with van der Waals surface area (Å²) in [6, 6.07) is 16.0. The number of benzene rings is 2. The van der Waals surface area contributed by atoms with Crippen LogP contribution in [0.3, 0.4) is 0 Å². The average molecular weight is 350 g/mol. The first kappa shape index (κ1) is 17.4. The molecule has 1 N–H and O–H groups in total. The number of aromatic nitrogens is 2. The molecule has 6 nitrogen and oxygen atoms in total. The van der Waals surface area contributed by atoms with E-state index in [1.54, 1.807) is 62.6 Å². The maximum atomic E-state index is 13.1. The highest BCUT2D eigenvalue weighted by atomic mass is 16.5. The number of rotatable bonds is 5. The van der Waals surface area contributed by atoms with E-state index in [0.717, 1.165) is 0 Å². The topological polar surface area (TPSA) is 81.3 Å². The van der Waals surface area contributed by atoms with Crippen molar-refractivity contribution in [3.05, 3.63) is 70.5 Å². The fourth-order valence-electron chi connectivity index (χ4n) is 2.63. The van der Waals surface area contributed by atoms with E-state index >= 15 is 0 Å². The zero-order valence-corrected chi connectivity index (χ0v) is 14.5. The highest BCUT2D eigenvalue weighted by Gasteiger charge is 2.21. The van der Waals surface area contributed by atoms with Crippen LogP contribution in [-0.2, 0) is 4.74 Å². The van der Waals surface area contributed by atoms with Crippen LogP contribution in [0.1, 0.15) is 17.4 Å². The van der Waals surface area contributed by atoms with Crippen LogP contribution in [0.25, 0.3) is 22.4 Å². The number of H-pyrrole nitrogens is 1. The smallest absolute Gasteiger partial charge is 0.357 e. The fraction of sp³-hybridized carbons (Fsp3) is 0.150. The van der Waals surface area contributed by atoms with Gasteiger partial charge in [0.05, 0.1) is 19.3 Å². The van der Waals surface area contributed by atoms with Crippen LogP contribution in [-0.4, -0.2) is 29.9 Å². The minimum Gasteiger partial charge on any atom is -0.497 e. The Kier molecular flexibility index (Phi) is 5.12. The van der Waals surface area contributed by atoms with Crippen LogP contribution >= 0.6 is 0 Å². The maximum Gasteiger partial charge on any atom is 0.357 e. The number of nitrogens with zero attached hydrogens (tertiary/aromatic N) is 1. The molecule has 0 spiro atoms. The molecule has 0 atom stereocenters. The number of carbonyl (C=O) groups excluding carboxylic acids is 1. The maximum absolute atomic E-state index is 13.1. The molecule has 0 amide bonds. The first-order chi connectivity index (χ1) is 12.7. The van der Waals surface area contributed by atoms with Crippen molar-refractivity contribution < 1.29 is 14.3 Å². The van der Waals surface area contributed by atoms with Gasteiger partial charge in [0.1, 0.15) is 11.4 Å². The Morgan fingerprint density at radius 1 is 1.04 bits per heavy atom. The van der Waals surface area contributed by atoms with Crippen LogP contribution in [0.15, 0.2) is 59.4 Å². The summed E-state index contributed by atoms with van der Waals surface area (Å²) in [6.07, 6.45) is 0. The predicted molar refractivity (Wildman–Crippen MR) is 98.2 cm³/mol. The molecule has 0 radical (unpaired) electrons. The van der Waals surface area contributed by atoms with Crippen LogP contribution < -0.4 is 10.2 Å². The summed E-state index contributed by atoms with van der Waals surface area (Å²) < 4.78 is 10.2. The normalized spacial score (nSPS) is 10.4. The minimum absolute atomic E-state index is 0.0420. The van der Waals surface area contributed by atoms with Crippen LogP contribution in [0, 0.1) is 0 Å². The van der Waals surface area contributed by atoms with Gasteiger partial charge in [-0.2, -0.15) is 5.10 Å². The van der Waals surface area contributed by atoms with E-state index in [0.29, 0.717) is 16.9 Å². The quantitative estimate of drug-likeness (QED) is 0.714. The standard InChI is InChI=1S/C20H18N2O4/c1-3-26-20(24)18-16(13-7-5-4-6-8-13)19(23)17(21-22-18)14-9-11-15(25-2)12-10-14/h4-12H,3H2,1-2H3,(H,22,23). The average Bonchev–Trinajstić information content (AvgIpc) is 2.68. The van der Waals surface area contributed by atoms with E-state index in [2.05, 4.69) is 10.2 Å². The SMILES string of the molecule is CCOC(=O)c1[nH]nc(-c2ccc(OC)cc2)c(=O)c1-c1ccccc1. The molecular weight excluding hydrogens is 332 g/mol. The number of aromatic amines is 1. The van der Waals surface area contributed by atoms with E-state index in [1.807, 2.05) is 6.07 Å². The molecule has 0 aliphatic carbocycles. The molecule has 1 heterocycles. The lowest BCUT2D eigenvalue weighted by atomic mass is 10.0. The van der Waals surface area contributed by atoms with Crippen molar-refractivity contribution in [3.63, 3.8) is 0 Å². The number of hydrogen-bond acceptors (Lipinski definition) is 5. The molecule has 3 rings (SSSR count).